The first-order valence-electron chi connectivity index (χ1n) is 9.14. The number of fused-ring (bicyclic) bond motifs is 1. The van der Waals surface area contributed by atoms with Crippen molar-refractivity contribution >= 4 is 44.2 Å². The molecule has 9 heteroatoms. The van der Waals surface area contributed by atoms with Gasteiger partial charge >= 0.3 is 0 Å². The number of aromatic nitrogens is 1. The van der Waals surface area contributed by atoms with E-state index >= 15 is 0 Å². The zero-order valence-electron chi connectivity index (χ0n) is 15.4. The van der Waals surface area contributed by atoms with Crippen molar-refractivity contribution in [3.05, 3.63) is 58.6 Å². The molecule has 2 heterocycles. The molecule has 0 spiro atoms. The van der Waals surface area contributed by atoms with Gasteiger partial charge in [-0.2, -0.15) is 0 Å². The summed E-state index contributed by atoms with van der Waals surface area (Å²) in [6, 6.07) is 8.66. The van der Waals surface area contributed by atoms with E-state index in [2.05, 4.69) is 9.88 Å². The summed E-state index contributed by atoms with van der Waals surface area (Å²) in [7, 11) is 0. The number of nitrogens with zero attached hydrogens (tertiary/aromatic N) is 3. The van der Waals surface area contributed by atoms with Crippen molar-refractivity contribution in [1.29, 1.82) is 0 Å². The lowest BCUT2D eigenvalue weighted by Gasteiger charge is -2.29. The predicted molar refractivity (Wildman–Crippen MR) is 110 cm³/mol. The predicted octanol–water partition coefficient (Wildman–Crippen LogP) is 4.21. The van der Waals surface area contributed by atoms with Gasteiger partial charge in [-0.05, 0) is 24.3 Å². The van der Waals surface area contributed by atoms with Crippen LogP contribution < -0.4 is 4.90 Å². The van der Waals surface area contributed by atoms with Crippen LogP contribution in [0.3, 0.4) is 0 Å². The van der Waals surface area contributed by atoms with Crippen molar-refractivity contribution in [2.45, 2.75) is 0 Å². The Labute approximate surface area is 175 Å². The third kappa shape index (κ3) is 4.56. The molecule has 1 aromatic heterocycles. The third-order valence-corrected chi connectivity index (χ3v) is 5.95. The molecule has 1 fully saturated rings. The number of carbonyl (C=O) groups excluding carboxylic acids is 1. The maximum atomic E-state index is 14.1. The van der Waals surface area contributed by atoms with Gasteiger partial charge in [-0.3, -0.25) is 14.6 Å². The minimum absolute atomic E-state index is 0.0571. The first-order chi connectivity index (χ1) is 14.0. The molecule has 29 heavy (non-hydrogen) atoms. The SMILES string of the molecule is O=C(c1cccc(Cl)c1)N(CCN1CCOCC1)c1nc2c(F)cc(F)cc2s1. The average molecular weight is 438 g/mol. The molecule has 1 amide bonds. The molecule has 0 radical (unpaired) electrons. The summed E-state index contributed by atoms with van der Waals surface area (Å²) in [5.74, 6) is -1.71. The summed E-state index contributed by atoms with van der Waals surface area (Å²) < 4.78 is 33.4. The monoisotopic (exact) mass is 437 g/mol. The molecule has 0 atom stereocenters. The highest BCUT2D eigenvalue weighted by molar-refractivity contribution is 7.22. The second-order valence-electron chi connectivity index (χ2n) is 6.65. The lowest BCUT2D eigenvalue weighted by Crippen LogP contribution is -2.43. The van der Waals surface area contributed by atoms with Crippen molar-refractivity contribution < 1.29 is 18.3 Å². The average Bonchev–Trinajstić information content (AvgIpc) is 3.13. The lowest BCUT2D eigenvalue weighted by atomic mass is 10.2. The highest BCUT2D eigenvalue weighted by Crippen LogP contribution is 2.32. The summed E-state index contributed by atoms with van der Waals surface area (Å²) in [4.78, 5) is 21.2. The molecule has 0 unspecified atom stereocenters. The van der Waals surface area contributed by atoms with E-state index < -0.39 is 11.6 Å². The van der Waals surface area contributed by atoms with Crippen LogP contribution in [0.5, 0.6) is 0 Å². The summed E-state index contributed by atoms with van der Waals surface area (Å²) in [5.41, 5.74) is 0.465. The van der Waals surface area contributed by atoms with Gasteiger partial charge in [-0.15, -0.1) is 0 Å². The Morgan fingerprint density at radius 1 is 1.24 bits per heavy atom. The summed E-state index contributed by atoms with van der Waals surface area (Å²) in [6.45, 7) is 3.82. The van der Waals surface area contributed by atoms with Crippen molar-refractivity contribution in [2.24, 2.45) is 0 Å². The van der Waals surface area contributed by atoms with Gasteiger partial charge in [0.15, 0.2) is 10.9 Å². The number of carbonyl (C=O) groups is 1. The first kappa shape index (κ1) is 20.2. The molecule has 3 aromatic rings. The third-order valence-electron chi connectivity index (χ3n) is 4.69. The van der Waals surface area contributed by atoms with Gasteiger partial charge in [0, 0.05) is 42.8 Å². The molecule has 5 nitrogen and oxygen atoms in total. The normalized spacial score (nSPS) is 15.0. The molecule has 4 rings (SSSR count). The van der Waals surface area contributed by atoms with E-state index in [1.54, 1.807) is 24.3 Å². The smallest absolute Gasteiger partial charge is 0.260 e. The molecule has 2 aromatic carbocycles. The van der Waals surface area contributed by atoms with Crippen LogP contribution in [0.4, 0.5) is 13.9 Å². The van der Waals surface area contributed by atoms with Gasteiger partial charge in [0.1, 0.15) is 11.3 Å². The van der Waals surface area contributed by atoms with Crippen molar-refractivity contribution in [2.75, 3.05) is 44.3 Å². The molecule has 1 aliphatic heterocycles. The van der Waals surface area contributed by atoms with Gasteiger partial charge in [0.05, 0.1) is 17.9 Å². The van der Waals surface area contributed by atoms with Gasteiger partial charge in [0.2, 0.25) is 0 Å². The molecule has 152 valence electrons. The molecule has 0 aliphatic carbocycles. The maximum absolute atomic E-state index is 14.1. The van der Waals surface area contributed by atoms with Crippen molar-refractivity contribution in [1.82, 2.24) is 9.88 Å². The fourth-order valence-electron chi connectivity index (χ4n) is 3.19. The van der Waals surface area contributed by atoms with Crippen LogP contribution in [0, 0.1) is 11.6 Å². The fourth-order valence-corrected chi connectivity index (χ4v) is 4.41. The Hall–Kier alpha value is -2.13. The number of hydrogen-bond acceptors (Lipinski definition) is 5. The van der Waals surface area contributed by atoms with Gasteiger partial charge in [-0.25, -0.2) is 13.8 Å². The van der Waals surface area contributed by atoms with Gasteiger partial charge in [-0.1, -0.05) is 29.0 Å². The topological polar surface area (TPSA) is 45.7 Å². The van der Waals surface area contributed by atoms with Crippen LogP contribution in [0.2, 0.25) is 5.02 Å². The van der Waals surface area contributed by atoms with E-state index in [1.165, 1.54) is 11.0 Å². The minimum atomic E-state index is -0.745. The van der Waals surface area contributed by atoms with Crippen LogP contribution in [0.1, 0.15) is 10.4 Å². The highest BCUT2D eigenvalue weighted by atomic mass is 35.5. The quantitative estimate of drug-likeness (QED) is 0.600. The summed E-state index contributed by atoms with van der Waals surface area (Å²) in [6.07, 6.45) is 0. The second-order valence-corrected chi connectivity index (χ2v) is 8.10. The van der Waals surface area contributed by atoms with Crippen LogP contribution in [-0.4, -0.2) is 55.2 Å². The van der Waals surface area contributed by atoms with E-state index in [4.69, 9.17) is 16.3 Å². The number of anilines is 1. The Morgan fingerprint density at radius 3 is 2.79 bits per heavy atom. The molecule has 1 aliphatic rings. The number of rotatable bonds is 5. The van der Waals surface area contributed by atoms with Crippen LogP contribution in [0.25, 0.3) is 10.2 Å². The number of ether oxygens (including phenoxy) is 1. The lowest BCUT2D eigenvalue weighted by molar-refractivity contribution is 0.0391. The summed E-state index contributed by atoms with van der Waals surface area (Å²) in [5, 5.41) is 0.768. The van der Waals surface area contributed by atoms with Crippen molar-refractivity contribution in [3.63, 3.8) is 0 Å². The van der Waals surface area contributed by atoms with Crippen molar-refractivity contribution in [3.8, 4) is 0 Å². The van der Waals surface area contributed by atoms with E-state index in [-0.39, 0.29) is 11.4 Å². The largest absolute Gasteiger partial charge is 0.379 e. The Bertz CT molecular complexity index is 1040. The zero-order valence-corrected chi connectivity index (χ0v) is 17.0. The van der Waals surface area contributed by atoms with E-state index in [9.17, 15) is 13.6 Å². The number of hydrogen-bond donors (Lipinski definition) is 0. The Kier molecular flexibility index (Phi) is 6.05. The molecule has 0 bridgehead atoms. The number of amides is 1. The number of morpholine rings is 1. The summed E-state index contributed by atoms with van der Waals surface area (Å²) >= 11 is 7.13. The number of thiazole rings is 1. The number of benzene rings is 2. The maximum Gasteiger partial charge on any atom is 0.260 e. The van der Waals surface area contributed by atoms with Crippen LogP contribution in [0.15, 0.2) is 36.4 Å². The van der Waals surface area contributed by atoms with E-state index in [0.29, 0.717) is 46.7 Å². The Balaban J connectivity index is 1.67. The first-order valence-corrected chi connectivity index (χ1v) is 10.3. The second kappa shape index (κ2) is 8.71. The zero-order chi connectivity index (χ0) is 20.4. The number of halogens is 3. The molecule has 0 N–H and O–H groups in total. The molecular weight excluding hydrogens is 420 g/mol. The molecule has 1 saturated heterocycles. The van der Waals surface area contributed by atoms with Gasteiger partial charge in [0.25, 0.3) is 5.91 Å². The molecular formula is C20H18ClF2N3O2S. The van der Waals surface area contributed by atoms with E-state index in [0.717, 1.165) is 30.5 Å². The molecule has 0 saturated carbocycles. The fraction of sp³-hybridized carbons (Fsp3) is 0.300. The standard InChI is InChI=1S/C20H18ClF2N3O2S/c21-14-3-1-2-13(10-14)19(27)26(5-4-25-6-8-28-9-7-25)20-24-18-16(23)11-15(22)12-17(18)29-20/h1-3,10-12H,4-9H2. The highest BCUT2D eigenvalue weighted by Gasteiger charge is 2.24. The van der Waals surface area contributed by atoms with Crippen LogP contribution >= 0.6 is 22.9 Å². The van der Waals surface area contributed by atoms with Gasteiger partial charge < -0.3 is 4.74 Å². The van der Waals surface area contributed by atoms with Crippen LogP contribution in [-0.2, 0) is 4.74 Å². The van der Waals surface area contributed by atoms with E-state index in [1.807, 2.05) is 0 Å². The minimum Gasteiger partial charge on any atom is -0.379 e. The Morgan fingerprint density at radius 2 is 2.03 bits per heavy atom.